The first-order valence-electron chi connectivity index (χ1n) is 3.35. The van der Waals surface area contributed by atoms with Crippen LogP contribution in [0.2, 0.25) is 0 Å². The molecule has 0 heterocycles. The summed E-state index contributed by atoms with van der Waals surface area (Å²) in [5, 5.41) is 0. The molecule has 0 radical (unpaired) electrons. The summed E-state index contributed by atoms with van der Waals surface area (Å²) in [6.45, 7) is 7.13. The van der Waals surface area contributed by atoms with E-state index >= 15 is 0 Å². The van der Waals surface area contributed by atoms with Crippen LogP contribution in [0.4, 0.5) is 0 Å². The van der Waals surface area contributed by atoms with Crippen LogP contribution in [0.3, 0.4) is 0 Å². The Kier molecular flexibility index (Phi) is 4.29. The van der Waals surface area contributed by atoms with Gasteiger partial charge in [0, 0.05) is 6.61 Å². The van der Waals surface area contributed by atoms with E-state index in [0.29, 0.717) is 6.61 Å². The molecule has 0 aromatic carbocycles. The summed E-state index contributed by atoms with van der Waals surface area (Å²) in [6, 6.07) is 0. The summed E-state index contributed by atoms with van der Waals surface area (Å²) in [5.41, 5.74) is 4.94. The summed E-state index contributed by atoms with van der Waals surface area (Å²) in [4.78, 5) is 10.7. The summed E-state index contributed by atoms with van der Waals surface area (Å²) in [6.07, 6.45) is -0.562. The summed E-state index contributed by atoms with van der Waals surface area (Å²) in [7, 11) is 0. The molecule has 0 aliphatic carbocycles. The first-order valence-corrected chi connectivity index (χ1v) is 3.35. The number of carbonyl (C=O) groups is 1. The highest BCUT2D eigenvalue weighted by Crippen LogP contribution is 1.95. The van der Waals surface area contributed by atoms with Crippen LogP contribution in [-0.2, 0) is 14.3 Å². The highest BCUT2D eigenvalue weighted by atomic mass is 16.7. The van der Waals surface area contributed by atoms with Crippen molar-refractivity contribution >= 4 is 5.97 Å². The van der Waals surface area contributed by atoms with Crippen LogP contribution in [0.25, 0.3) is 0 Å². The van der Waals surface area contributed by atoms with Crippen molar-refractivity contribution in [3.8, 4) is 0 Å². The molecule has 0 aromatic heterocycles. The molecule has 2 N–H and O–H groups in total. The summed E-state index contributed by atoms with van der Waals surface area (Å²) in [5.74, 6) is -0.633. The minimum absolute atomic E-state index is 0.114. The quantitative estimate of drug-likeness (QED) is 0.366. The second-order valence-corrected chi connectivity index (χ2v) is 1.95. The van der Waals surface area contributed by atoms with E-state index in [-0.39, 0.29) is 5.70 Å². The fourth-order valence-corrected chi connectivity index (χ4v) is 0.495. The third-order valence-corrected chi connectivity index (χ3v) is 0.937. The SMILES string of the molecule is C=C(N)C(=O)OC(C)OCC. The molecule has 0 saturated heterocycles. The predicted octanol–water partition coefficient (Wildman–Crippen LogP) is 0.384. The second-order valence-electron chi connectivity index (χ2n) is 1.95. The Morgan fingerprint density at radius 3 is 2.64 bits per heavy atom. The molecular weight excluding hydrogens is 146 g/mol. The van der Waals surface area contributed by atoms with Crippen LogP contribution in [0, 0.1) is 0 Å². The minimum Gasteiger partial charge on any atom is -0.431 e. The first kappa shape index (κ1) is 9.97. The highest BCUT2D eigenvalue weighted by molar-refractivity contribution is 5.86. The molecule has 0 aliphatic rings. The molecule has 11 heavy (non-hydrogen) atoms. The van der Waals surface area contributed by atoms with Crippen LogP contribution >= 0.6 is 0 Å². The van der Waals surface area contributed by atoms with Gasteiger partial charge in [-0.3, -0.25) is 0 Å². The normalized spacial score (nSPS) is 12.2. The van der Waals surface area contributed by atoms with Gasteiger partial charge in [-0.15, -0.1) is 0 Å². The lowest BCUT2D eigenvalue weighted by Crippen LogP contribution is -2.21. The van der Waals surface area contributed by atoms with E-state index in [2.05, 4.69) is 11.3 Å². The number of nitrogens with two attached hydrogens (primary N) is 1. The Morgan fingerprint density at radius 2 is 2.27 bits per heavy atom. The van der Waals surface area contributed by atoms with Gasteiger partial charge in [-0.25, -0.2) is 4.79 Å². The molecule has 0 aliphatic heterocycles. The van der Waals surface area contributed by atoms with Crippen LogP contribution in [0.15, 0.2) is 12.3 Å². The Balaban J connectivity index is 3.66. The highest BCUT2D eigenvalue weighted by Gasteiger charge is 2.09. The van der Waals surface area contributed by atoms with Crippen molar-refractivity contribution in [3.63, 3.8) is 0 Å². The summed E-state index contributed by atoms with van der Waals surface area (Å²) < 4.78 is 9.59. The van der Waals surface area contributed by atoms with Crippen LogP contribution in [0.1, 0.15) is 13.8 Å². The van der Waals surface area contributed by atoms with Crippen molar-refractivity contribution < 1.29 is 14.3 Å². The lowest BCUT2D eigenvalue weighted by molar-refractivity contribution is -0.169. The molecule has 0 spiro atoms. The van der Waals surface area contributed by atoms with E-state index in [1.165, 1.54) is 0 Å². The molecule has 1 atom stereocenters. The Hall–Kier alpha value is -1.03. The molecule has 64 valence electrons. The number of ether oxygens (including phenoxy) is 2. The fraction of sp³-hybridized carbons (Fsp3) is 0.571. The van der Waals surface area contributed by atoms with Gasteiger partial charge in [0.2, 0.25) is 6.29 Å². The summed E-state index contributed by atoms with van der Waals surface area (Å²) >= 11 is 0. The van der Waals surface area contributed by atoms with Gasteiger partial charge < -0.3 is 15.2 Å². The predicted molar refractivity (Wildman–Crippen MR) is 40.5 cm³/mol. The van der Waals surface area contributed by atoms with E-state index < -0.39 is 12.3 Å². The minimum atomic E-state index is -0.633. The van der Waals surface area contributed by atoms with Crippen molar-refractivity contribution in [2.75, 3.05) is 6.61 Å². The lowest BCUT2D eigenvalue weighted by Gasteiger charge is -2.11. The van der Waals surface area contributed by atoms with Gasteiger partial charge in [0.15, 0.2) is 0 Å². The van der Waals surface area contributed by atoms with Gasteiger partial charge in [0.25, 0.3) is 0 Å². The van der Waals surface area contributed by atoms with E-state index in [1.807, 2.05) is 6.92 Å². The zero-order valence-corrected chi connectivity index (χ0v) is 6.79. The van der Waals surface area contributed by atoms with Crippen molar-refractivity contribution in [1.29, 1.82) is 0 Å². The maximum atomic E-state index is 10.7. The van der Waals surface area contributed by atoms with Gasteiger partial charge in [-0.05, 0) is 13.8 Å². The molecular formula is C7H13NO3. The monoisotopic (exact) mass is 159 g/mol. The van der Waals surface area contributed by atoms with Gasteiger partial charge >= 0.3 is 5.97 Å². The van der Waals surface area contributed by atoms with E-state index in [4.69, 9.17) is 10.5 Å². The Morgan fingerprint density at radius 1 is 1.73 bits per heavy atom. The zero-order chi connectivity index (χ0) is 8.85. The average molecular weight is 159 g/mol. The molecule has 0 saturated carbocycles. The van der Waals surface area contributed by atoms with Gasteiger partial charge in [-0.2, -0.15) is 0 Å². The van der Waals surface area contributed by atoms with Crippen molar-refractivity contribution in [1.82, 2.24) is 0 Å². The Bertz CT molecular complexity index is 156. The molecule has 1 unspecified atom stereocenters. The van der Waals surface area contributed by atoms with Crippen LogP contribution in [0.5, 0.6) is 0 Å². The van der Waals surface area contributed by atoms with E-state index in [0.717, 1.165) is 0 Å². The van der Waals surface area contributed by atoms with Crippen LogP contribution < -0.4 is 5.73 Å². The van der Waals surface area contributed by atoms with Gasteiger partial charge in [0.1, 0.15) is 5.70 Å². The second kappa shape index (κ2) is 4.73. The Labute approximate surface area is 66.0 Å². The molecule has 0 aromatic rings. The maximum Gasteiger partial charge on any atom is 0.355 e. The lowest BCUT2D eigenvalue weighted by atomic mass is 10.5. The van der Waals surface area contributed by atoms with Gasteiger partial charge in [-0.1, -0.05) is 6.58 Å². The van der Waals surface area contributed by atoms with Crippen molar-refractivity contribution in [3.05, 3.63) is 12.3 Å². The van der Waals surface area contributed by atoms with E-state index in [1.54, 1.807) is 6.92 Å². The van der Waals surface area contributed by atoms with Gasteiger partial charge in [0.05, 0.1) is 0 Å². The zero-order valence-electron chi connectivity index (χ0n) is 6.79. The van der Waals surface area contributed by atoms with E-state index in [9.17, 15) is 4.79 Å². The largest absolute Gasteiger partial charge is 0.431 e. The first-order chi connectivity index (χ1) is 5.07. The number of hydrogen-bond donors (Lipinski definition) is 1. The topological polar surface area (TPSA) is 61.6 Å². The van der Waals surface area contributed by atoms with Crippen molar-refractivity contribution in [2.45, 2.75) is 20.1 Å². The molecule has 0 rings (SSSR count). The number of carbonyl (C=O) groups excluding carboxylic acids is 1. The standard InChI is InChI=1S/C7H13NO3/c1-4-10-6(3)11-7(9)5(2)8/h6H,2,4,8H2,1,3H3. The molecule has 4 nitrogen and oxygen atoms in total. The maximum absolute atomic E-state index is 10.7. The fourth-order valence-electron chi connectivity index (χ4n) is 0.495. The van der Waals surface area contributed by atoms with Crippen molar-refractivity contribution in [2.24, 2.45) is 5.73 Å². The third-order valence-electron chi connectivity index (χ3n) is 0.937. The number of hydrogen-bond acceptors (Lipinski definition) is 4. The average Bonchev–Trinajstić information content (AvgIpc) is 1.87. The van der Waals surface area contributed by atoms with Crippen LogP contribution in [-0.4, -0.2) is 18.9 Å². The number of esters is 1. The third kappa shape index (κ3) is 4.38. The number of rotatable bonds is 4. The molecule has 0 amide bonds. The molecule has 4 heteroatoms. The molecule has 0 bridgehead atoms. The molecule has 0 fully saturated rings. The smallest absolute Gasteiger partial charge is 0.355 e.